The van der Waals surface area contributed by atoms with Crippen molar-refractivity contribution in [2.75, 3.05) is 0 Å². The molecule has 56 heavy (non-hydrogen) atoms. The van der Waals surface area contributed by atoms with Crippen molar-refractivity contribution < 1.29 is 25.8 Å². The molecule has 3 heterocycles. The van der Waals surface area contributed by atoms with Crippen LogP contribution < -0.4 is 4.74 Å². The molecule has 292 valence electrons. The number of allylic oxidation sites excluding steroid dienone is 2. The third kappa shape index (κ3) is 7.34. The molecular weight excluding hydrogens is 868 g/mol. The van der Waals surface area contributed by atoms with E-state index in [9.17, 15) is 0 Å². The molecule has 0 aliphatic heterocycles. The number of fused-ring (bicyclic) bond motifs is 3. The second kappa shape index (κ2) is 16.5. The van der Waals surface area contributed by atoms with Gasteiger partial charge in [-0.05, 0) is 99.0 Å². The molecule has 0 saturated heterocycles. The second-order valence-corrected chi connectivity index (χ2v) is 17.3. The van der Waals surface area contributed by atoms with Gasteiger partial charge in [0.2, 0.25) is 0 Å². The van der Waals surface area contributed by atoms with Gasteiger partial charge in [-0.2, -0.15) is 11.2 Å². The van der Waals surface area contributed by atoms with Crippen molar-refractivity contribution in [3.05, 3.63) is 119 Å². The van der Waals surface area contributed by atoms with Crippen molar-refractivity contribution in [3.8, 4) is 23.0 Å². The van der Waals surface area contributed by atoms with Gasteiger partial charge in [0.1, 0.15) is 5.82 Å². The molecule has 0 bridgehead atoms. The summed E-state index contributed by atoms with van der Waals surface area (Å²) in [4.78, 5) is 4.79. The smallest absolute Gasteiger partial charge is 0.509 e. The van der Waals surface area contributed by atoms with Gasteiger partial charge < -0.3 is 9.30 Å². The molecule has 6 aromatic rings. The van der Waals surface area contributed by atoms with E-state index in [4.69, 9.17) is 14.8 Å². The fraction of sp³-hybridized carbons (Fsp3) is 0.440. The Bertz CT molecular complexity index is 2370. The maximum absolute atomic E-state index is 6.84. The van der Waals surface area contributed by atoms with Crippen LogP contribution in [-0.4, -0.2) is 19.3 Å². The number of nitrogens with zero attached hydrogens (tertiary/aromatic N) is 4. The Morgan fingerprint density at radius 1 is 0.786 bits per heavy atom. The molecule has 1 unspecified atom stereocenters. The van der Waals surface area contributed by atoms with Gasteiger partial charge in [0, 0.05) is 52.2 Å². The van der Waals surface area contributed by atoms with Gasteiger partial charge in [0.15, 0.2) is 0 Å². The predicted octanol–water partition coefficient (Wildman–Crippen LogP) is 13.7. The Balaban J connectivity index is 0.00000441. The SMILES string of the molecule is CC1=CCC[C@H](C)C1c1c(C2CCCCC2)nn(-c2[c-]c(Oc3[c-]c4c(cc3)c3ccccc3n4-c3cc(C)ccn3)cc(C(C)C)c2)c1C1CCCCC1.[Pt+2]. The van der Waals surface area contributed by atoms with Gasteiger partial charge in [-0.25, -0.2) is 4.98 Å². The van der Waals surface area contributed by atoms with Gasteiger partial charge in [-0.1, -0.05) is 94.7 Å². The zero-order chi connectivity index (χ0) is 37.6. The number of benzene rings is 3. The Morgan fingerprint density at radius 3 is 2.27 bits per heavy atom. The van der Waals surface area contributed by atoms with Gasteiger partial charge in [0.05, 0.1) is 5.69 Å². The molecule has 3 aliphatic carbocycles. The normalized spacial score (nSPS) is 19.7. The van der Waals surface area contributed by atoms with Crippen molar-refractivity contribution in [2.24, 2.45) is 5.92 Å². The Hall–Kier alpha value is -3.95. The Labute approximate surface area is 348 Å². The van der Waals surface area contributed by atoms with Crippen LogP contribution in [0.25, 0.3) is 33.3 Å². The Morgan fingerprint density at radius 2 is 1.54 bits per heavy atom. The van der Waals surface area contributed by atoms with Crippen molar-refractivity contribution in [2.45, 2.75) is 135 Å². The third-order valence-electron chi connectivity index (χ3n) is 13.1. The van der Waals surface area contributed by atoms with Gasteiger partial charge in [-0.3, -0.25) is 4.68 Å². The first-order valence-corrected chi connectivity index (χ1v) is 21.3. The van der Waals surface area contributed by atoms with Crippen molar-refractivity contribution in [1.29, 1.82) is 0 Å². The van der Waals surface area contributed by atoms with Gasteiger partial charge >= 0.3 is 21.1 Å². The van der Waals surface area contributed by atoms with E-state index in [0.29, 0.717) is 41.1 Å². The van der Waals surface area contributed by atoms with E-state index in [-0.39, 0.29) is 21.1 Å². The Kier molecular flexibility index (Phi) is 11.5. The summed E-state index contributed by atoms with van der Waals surface area (Å²) in [7, 11) is 0. The van der Waals surface area contributed by atoms with Crippen molar-refractivity contribution in [3.63, 3.8) is 0 Å². The van der Waals surface area contributed by atoms with Gasteiger partial charge in [-0.15, -0.1) is 41.3 Å². The molecule has 2 saturated carbocycles. The molecule has 2 fully saturated rings. The molecule has 9 rings (SSSR count). The van der Waals surface area contributed by atoms with Crippen LogP contribution in [0.2, 0.25) is 0 Å². The first-order valence-electron chi connectivity index (χ1n) is 21.3. The van der Waals surface area contributed by atoms with Gasteiger partial charge in [0.25, 0.3) is 0 Å². The monoisotopic (exact) mass is 923 g/mol. The average molecular weight is 924 g/mol. The van der Waals surface area contributed by atoms with E-state index in [1.807, 2.05) is 12.3 Å². The largest absolute Gasteiger partial charge is 2.00 e. The zero-order valence-corrected chi connectivity index (χ0v) is 36.1. The van der Waals surface area contributed by atoms with E-state index in [1.54, 1.807) is 11.1 Å². The number of ether oxygens (including phenoxy) is 1. The molecule has 3 aliphatic rings. The third-order valence-corrected chi connectivity index (χ3v) is 13.1. The summed E-state index contributed by atoms with van der Waals surface area (Å²) in [6.07, 6.45) is 19.7. The molecule has 0 N–H and O–H groups in total. The quantitative estimate of drug-likeness (QED) is 0.113. The fourth-order valence-electron chi connectivity index (χ4n) is 10.2. The maximum atomic E-state index is 6.84. The minimum Gasteiger partial charge on any atom is -0.509 e. The molecule has 0 radical (unpaired) electrons. The van der Waals surface area contributed by atoms with Crippen molar-refractivity contribution >= 4 is 21.8 Å². The standard InChI is InChI=1S/C50H56N4O.Pt/c1-32(2)38-28-39(30-41(29-38)55-40-23-24-43-42-21-12-13-22-44(42)53(45(43)31-40)46-27-33(3)25-26-51-46)54-50(37-19-10-7-11-20-37)48(47-34(4)15-14-16-35(47)5)49(52-54)36-17-8-6-9-18-36;/h12-13,15,21-29,32,35-37,47H,6-11,14,16-20H2,1-5H3;/q-2;+2/t35-,47?;/m0./s1. The summed E-state index contributed by atoms with van der Waals surface area (Å²) in [5, 5.41) is 8.08. The number of pyridine rings is 1. The maximum Gasteiger partial charge on any atom is 2.00 e. The van der Waals surface area contributed by atoms with E-state index < -0.39 is 0 Å². The average Bonchev–Trinajstić information content (AvgIpc) is 3.75. The van der Waals surface area contributed by atoms with E-state index >= 15 is 0 Å². The summed E-state index contributed by atoms with van der Waals surface area (Å²) in [5.74, 6) is 4.63. The van der Waals surface area contributed by atoms with Crippen LogP contribution in [0.1, 0.15) is 156 Å². The number of rotatable bonds is 8. The number of aryl methyl sites for hydroxylation is 1. The molecule has 0 amide bonds. The molecule has 3 aromatic heterocycles. The minimum atomic E-state index is 0. The number of para-hydroxylation sites is 1. The van der Waals surface area contributed by atoms with Crippen LogP contribution in [0.4, 0.5) is 0 Å². The summed E-state index contributed by atoms with van der Waals surface area (Å²) in [5.41, 5.74) is 11.4. The predicted molar refractivity (Wildman–Crippen MR) is 225 cm³/mol. The molecule has 6 heteroatoms. The molecule has 3 aromatic carbocycles. The molecule has 2 atom stereocenters. The van der Waals surface area contributed by atoms with E-state index in [0.717, 1.165) is 27.9 Å². The zero-order valence-electron chi connectivity index (χ0n) is 33.8. The van der Waals surface area contributed by atoms with E-state index in [2.05, 4.69) is 117 Å². The summed E-state index contributed by atoms with van der Waals surface area (Å²) in [6.45, 7) is 11.5. The fourth-order valence-corrected chi connectivity index (χ4v) is 10.2. The molecule has 5 nitrogen and oxygen atoms in total. The minimum absolute atomic E-state index is 0. The van der Waals surface area contributed by atoms with Crippen LogP contribution in [0.5, 0.6) is 11.5 Å². The molecular formula is C50H56N4OPt. The van der Waals surface area contributed by atoms with Crippen LogP contribution in [-0.2, 0) is 21.1 Å². The number of aromatic nitrogens is 4. The molecule has 0 spiro atoms. The topological polar surface area (TPSA) is 44.9 Å². The van der Waals surface area contributed by atoms with Crippen LogP contribution >= 0.6 is 0 Å². The number of hydrogen-bond acceptors (Lipinski definition) is 3. The van der Waals surface area contributed by atoms with Crippen LogP contribution in [0.15, 0.2) is 78.5 Å². The first-order chi connectivity index (χ1) is 26.8. The summed E-state index contributed by atoms with van der Waals surface area (Å²) < 4.78 is 11.4. The summed E-state index contributed by atoms with van der Waals surface area (Å²) >= 11 is 0. The number of hydrogen-bond donors (Lipinski definition) is 0. The van der Waals surface area contributed by atoms with Crippen LogP contribution in [0, 0.1) is 25.0 Å². The van der Waals surface area contributed by atoms with Crippen molar-refractivity contribution in [1.82, 2.24) is 19.3 Å². The van der Waals surface area contributed by atoms with E-state index in [1.165, 1.54) is 105 Å². The second-order valence-electron chi connectivity index (χ2n) is 17.3. The first kappa shape index (κ1) is 38.9. The van der Waals surface area contributed by atoms with Crippen LogP contribution in [0.3, 0.4) is 0 Å². The summed E-state index contributed by atoms with van der Waals surface area (Å²) in [6, 6.07) is 28.9.